The molecule has 0 spiro atoms. The van der Waals surface area contributed by atoms with Crippen LogP contribution in [0.3, 0.4) is 0 Å². The summed E-state index contributed by atoms with van der Waals surface area (Å²) in [5.74, 6) is 0.795. The topological polar surface area (TPSA) is 92.5 Å². The van der Waals surface area contributed by atoms with Crippen molar-refractivity contribution in [3.05, 3.63) is 54.1 Å². The quantitative estimate of drug-likeness (QED) is 0.770. The van der Waals surface area contributed by atoms with E-state index >= 15 is 0 Å². The molecule has 3 N–H and O–H groups in total. The van der Waals surface area contributed by atoms with Crippen LogP contribution in [0.15, 0.2) is 53.4 Å². The maximum Gasteiger partial charge on any atom is 0.238 e. The molecule has 0 saturated carbocycles. The van der Waals surface area contributed by atoms with E-state index in [2.05, 4.69) is 5.32 Å². The number of amides is 1. The molecule has 0 bridgehead atoms. The molecule has 0 heterocycles. The number of rotatable bonds is 7. The van der Waals surface area contributed by atoms with Gasteiger partial charge >= 0.3 is 0 Å². The second-order valence-corrected chi connectivity index (χ2v) is 8.19. The number of nitrogens with one attached hydrogen (secondary N) is 1. The van der Waals surface area contributed by atoms with Crippen molar-refractivity contribution in [2.45, 2.75) is 10.6 Å². The maximum absolute atomic E-state index is 12.2. The van der Waals surface area contributed by atoms with E-state index in [0.717, 1.165) is 11.3 Å². The van der Waals surface area contributed by atoms with E-state index in [0.29, 0.717) is 11.4 Å². The van der Waals surface area contributed by atoms with E-state index < -0.39 is 10.0 Å². The molecule has 0 unspecified atom stereocenters. The monoisotopic (exact) mass is 379 g/mol. The predicted molar refractivity (Wildman–Crippen MR) is 103 cm³/mol. The number of thioether (sulfide) groups is 1. The van der Waals surface area contributed by atoms with E-state index in [9.17, 15) is 13.2 Å². The molecule has 0 aromatic heterocycles. The molecule has 0 aliphatic carbocycles. The average molecular weight is 380 g/mol. The molecule has 0 atom stereocenters. The van der Waals surface area contributed by atoms with E-state index in [1.54, 1.807) is 11.0 Å². The van der Waals surface area contributed by atoms with Gasteiger partial charge in [0.05, 0.1) is 22.0 Å². The van der Waals surface area contributed by atoms with Crippen LogP contribution in [0.2, 0.25) is 0 Å². The zero-order valence-electron chi connectivity index (χ0n) is 14.1. The Morgan fingerprint density at radius 2 is 1.84 bits per heavy atom. The minimum absolute atomic E-state index is 0.0367. The van der Waals surface area contributed by atoms with Gasteiger partial charge in [-0.05, 0) is 23.8 Å². The van der Waals surface area contributed by atoms with Crippen molar-refractivity contribution >= 4 is 39.1 Å². The Balaban J connectivity index is 2.05. The molecule has 0 aliphatic heterocycles. The molecule has 0 aliphatic rings. The van der Waals surface area contributed by atoms with Crippen LogP contribution in [0.5, 0.6) is 0 Å². The summed E-state index contributed by atoms with van der Waals surface area (Å²) in [6.45, 7) is 0. The lowest BCUT2D eigenvalue weighted by molar-refractivity contribution is -0.113. The summed E-state index contributed by atoms with van der Waals surface area (Å²) in [7, 11) is -0.209. The van der Waals surface area contributed by atoms with Gasteiger partial charge in [0.25, 0.3) is 0 Å². The van der Waals surface area contributed by atoms with Crippen molar-refractivity contribution < 1.29 is 13.2 Å². The highest BCUT2D eigenvalue weighted by atomic mass is 32.2. The maximum atomic E-state index is 12.2. The Labute approximate surface area is 152 Å². The summed E-state index contributed by atoms with van der Waals surface area (Å²) in [4.78, 5) is 14.0. The number of sulfonamides is 1. The number of anilines is 2. The number of nitrogens with two attached hydrogens (primary N) is 1. The normalized spacial score (nSPS) is 11.2. The SMILES string of the molecule is CN(C)c1ccc(S(N)(=O)=O)cc1NC(=O)CSCc1ccccc1. The van der Waals surface area contributed by atoms with Crippen LogP contribution in [0.4, 0.5) is 11.4 Å². The molecule has 0 radical (unpaired) electrons. The molecule has 6 nitrogen and oxygen atoms in total. The summed E-state index contributed by atoms with van der Waals surface area (Å²) in [5, 5.41) is 7.94. The summed E-state index contributed by atoms with van der Waals surface area (Å²) in [6, 6.07) is 14.3. The van der Waals surface area contributed by atoms with Crippen molar-refractivity contribution in [3.8, 4) is 0 Å². The first-order chi connectivity index (χ1) is 11.8. The molecule has 1 amide bonds. The van der Waals surface area contributed by atoms with Gasteiger partial charge in [-0.25, -0.2) is 13.6 Å². The minimum Gasteiger partial charge on any atom is -0.376 e. The van der Waals surface area contributed by atoms with Crippen LogP contribution in [0.1, 0.15) is 5.56 Å². The molecular formula is C17H21N3O3S2. The van der Waals surface area contributed by atoms with Gasteiger partial charge < -0.3 is 10.2 Å². The predicted octanol–water partition coefficient (Wildman–Crippen LogP) is 2.27. The lowest BCUT2D eigenvalue weighted by Gasteiger charge is -2.18. The first-order valence-corrected chi connectivity index (χ1v) is 10.2. The average Bonchev–Trinajstić information content (AvgIpc) is 2.54. The van der Waals surface area contributed by atoms with Gasteiger partial charge in [0.2, 0.25) is 15.9 Å². The molecule has 25 heavy (non-hydrogen) atoms. The number of carbonyl (C=O) groups is 1. The number of hydrogen-bond donors (Lipinski definition) is 2. The first-order valence-electron chi connectivity index (χ1n) is 7.53. The molecule has 8 heteroatoms. The lowest BCUT2D eigenvalue weighted by atomic mass is 10.2. The molecule has 134 valence electrons. The van der Waals surface area contributed by atoms with Gasteiger partial charge in [-0.1, -0.05) is 30.3 Å². The van der Waals surface area contributed by atoms with Crippen LogP contribution < -0.4 is 15.4 Å². The van der Waals surface area contributed by atoms with Crippen molar-refractivity contribution in [1.82, 2.24) is 0 Å². The van der Waals surface area contributed by atoms with Gasteiger partial charge in [0.15, 0.2) is 0 Å². The van der Waals surface area contributed by atoms with Crippen molar-refractivity contribution in [2.24, 2.45) is 5.14 Å². The highest BCUT2D eigenvalue weighted by Gasteiger charge is 2.14. The van der Waals surface area contributed by atoms with Gasteiger partial charge in [-0.15, -0.1) is 11.8 Å². The molecule has 2 aromatic carbocycles. The fourth-order valence-electron chi connectivity index (χ4n) is 2.20. The molecule has 2 rings (SSSR count). The lowest BCUT2D eigenvalue weighted by Crippen LogP contribution is -2.19. The summed E-state index contributed by atoms with van der Waals surface area (Å²) < 4.78 is 23.1. The first kappa shape index (κ1) is 19.3. The van der Waals surface area contributed by atoms with Crippen molar-refractivity contribution in [2.75, 3.05) is 30.1 Å². The summed E-state index contributed by atoms with van der Waals surface area (Å²) >= 11 is 1.49. The van der Waals surface area contributed by atoms with Crippen LogP contribution in [-0.2, 0) is 20.6 Å². The third-order valence-electron chi connectivity index (χ3n) is 3.40. The van der Waals surface area contributed by atoms with E-state index in [1.165, 1.54) is 23.9 Å². The van der Waals surface area contributed by atoms with Gasteiger partial charge in [0.1, 0.15) is 0 Å². The number of carbonyl (C=O) groups excluding carboxylic acids is 1. The molecule has 0 fully saturated rings. The zero-order chi connectivity index (χ0) is 18.4. The van der Waals surface area contributed by atoms with E-state index in [1.807, 2.05) is 44.4 Å². The Hall–Kier alpha value is -2.03. The van der Waals surface area contributed by atoms with Crippen LogP contribution in [0.25, 0.3) is 0 Å². The van der Waals surface area contributed by atoms with Gasteiger partial charge in [-0.3, -0.25) is 4.79 Å². The van der Waals surface area contributed by atoms with Crippen LogP contribution in [0, 0.1) is 0 Å². The Morgan fingerprint density at radius 3 is 2.44 bits per heavy atom. The largest absolute Gasteiger partial charge is 0.376 e. The molecule has 0 saturated heterocycles. The van der Waals surface area contributed by atoms with Crippen LogP contribution >= 0.6 is 11.8 Å². The third kappa shape index (κ3) is 5.77. The van der Waals surface area contributed by atoms with Crippen molar-refractivity contribution in [3.63, 3.8) is 0 Å². The Kier molecular flexibility index (Phi) is 6.46. The number of hydrogen-bond acceptors (Lipinski definition) is 5. The van der Waals surface area contributed by atoms with Gasteiger partial charge in [-0.2, -0.15) is 0 Å². The smallest absolute Gasteiger partial charge is 0.238 e. The standard InChI is InChI=1S/C17H21N3O3S2/c1-20(2)16-9-8-14(25(18,22)23)10-15(16)19-17(21)12-24-11-13-6-4-3-5-7-13/h3-10H,11-12H2,1-2H3,(H,19,21)(H2,18,22,23). The Bertz CT molecular complexity index is 837. The van der Waals surface area contributed by atoms with Crippen LogP contribution in [-0.4, -0.2) is 34.2 Å². The summed E-state index contributed by atoms with van der Waals surface area (Å²) in [5.41, 5.74) is 2.26. The number of benzene rings is 2. The second kappa shape index (κ2) is 8.37. The van der Waals surface area contributed by atoms with E-state index in [4.69, 9.17) is 5.14 Å². The van der Waals surface area contributed by atoms with E-state index in [-0.39, 0.29) is 16.6 Å². The van der Waals surface area contributed by atoms with Gasteiger partial charge in [0, 0.05) is 19.8 Å². The highest BCUT2D eigenvalue weighted by molar-refractivity contribution is 7.99. The Morgan fingerprint density at radius 1 is 1.16 bits per heavy atom. The third-order valence-corrected chi connectivity index (χ3v) is 5.31. The number of nitrogens with zero attached hydrogens (tertiary/aromatic N) is 1. The summed E-state index contributed by atoms with van der Waals surface area (Å²) in [6.07, 6.45) is 0. The number of primary sulfonamides is 1. The van der Waals surface area contributed by atoms with Crippen molar-refractivity contribution in [1.29, 1.82) is 0 Å². The zero-order valence-corrected chi connectivity index (χ0v) is 15.7. The fraction of sp³-hybridized carbons (Fsp3) is 0.235. The minimum atomic E-state index is -3.83. The molecular weight excluding hydrogens is 358 g/mol. The second-order valence-electron chi connectivity index (χ2n) is 5.64. The highest BCUT2D eigenvalue weighted by Crippen LogP contribution is 2.27. The molecule has 2 aromatic rings. The fourth-order valence-corrected chi connectivity index (χ4v) is 3.53.